The average Bonchev–Trinajstić information content (AvgIpc) is 2.90. The van der Waals surface area contributed by atoms with E-state index >= 15 is 0 Å². The van der Waals surface area contributed by atoms with Gasteiger partial charge >= 0.3 is 5.97 Å². The summed E-state index contributed by atoms with van der Waals surface area (Å²) in [6.07, 6.45) is 11.9. The largest absolute Gasteiger partial charge is 0.481 e. The summed E-state index contributed by atoms with van der Waals surface area (Å²) in [6.45, 7) is 2.49. The summed E-state index contributed by atoms with van der Waals surface area (Å²) >= 11 is 6.34. The molecule has 1 heterocycles. The fourth-order valence-corrected chi connectivity index (χ4v) is 3.91. The van der Waals surface area contributed by atoms with Crippen molar-refractivity contribution in [3.8, 4) is 18.1 Å². The molecule has 0 unspecified atom stereocenters. The fourth-order valence-electron chi connectivity index (χ4n) is 3.74. The number of aryl methyl sites for hydroxylation is 2. The van der Waals surface area contributed by atoms with Gasteiger partial charge in [0.15, 0.2) is 0 Å². The van der Waals surface area contributed by atoms with Crippen LogP contribution in [0.1, 0.15) is 24.0 Å². The minimum Gasteiger partial charge on any atom is -0.481 e. The maximum Gasteiger partial charge on any atom is 0.328 e. The van der Waals surface area contributed by atoms with Gasteiger partial charge in [0.2, 0.25) is 0 Å². The van der Waals surface area contributed by atoms with E-state index in [0.717, 1.165) is 61.3 Å². The molecule has 0 aliphatic carbocycles. The van der Waals surface area contributed by atoms with Crippen LogP contribution in [-0.4, -0.2) is 37.3 Å². The van der Waals surface area contributed by atoms with Gasteiger partial charge in [0, 0.05) is 35.6 Å². The van der Waals surface area contributed by atoms with Crippen LogP contribution in [0.15, 0.2) is 48.6 Å². The first-order valence-corrected chi connectivity index (χ1v) is 10.8. The van der Waals surface area contributed by atoms with E-state index < -0.39 is 5.97 Å². The van der Waals surface area contributed by atoms with Crippen molar-refractivity contribution in [3.63, 3.8) is 0 Å². The Kier molecular flexibility index (Phi) is 8.40. The molecule has 5 nitrogen and oxygen atoms in total. The standard InChI is InChI=1S/C25H27ClN2O3/c1-2-16-31-22-11-12-23-20(17-22)8-7-19-9-10-21(26)18-24(19)28(23)15-4-3-13-27-14-5-6-25(29)30/h1,5-6,9-12,17-18,27H,3-4,7-8,13-16H2,(H,29,30). The molecular formula is C25H27ClN2O3. The summed E-state index contributed by atoms with van der Waals surface area (Å²) < 4.78 is 5.63. The summed E-state index contributed by atoms with van der Waals surface area (Å²) in [5.41, 5.74) is 4.84. The van der Waals surface area contributed by atoms with Gasteiger partial charge in [-0.25, -0.2) is 4.79 Å². The smallest absolute Gasteiger partial charge is 0.328 e. The summed E-state index contributed by atoms with van der Waals surface area (Å²) in [5.74, 6) is 2.38. The van der Waals surface area contributed by atoms with Gasteiger partial charge in [-0.3, -0.25) is 0 Å². The highest BCUT2D eigenvalue weighted by atomic mass is 35.5. The van der Waals surface area contributed by atoms with E-state index in [1.165, 1.54) is 16.8 Å². The second-order valence-electron chi connectivity index (χ2n) is 7.36. The number of nitrogens with zero attached hydrogens (tertiary/aromatic N) is 1. The summed E-state index contributed by atoms with van der Waals surface area (Å²) in [6, 6.07) is 12.3. The number of benzene rings is 2. The SMILES string of the molecule is C#CCOc1ccc2c(c1)CCc1ccc(Cl)cc1N2CCCCNCC=CC(=O)O. The van der Waals surface area contributed by atoms with Crippen LogP contribution in [0.3, 0.4) is 0 Å². The van der Waals surface area contributed by atoms with E-state index in [4.69, 9.17) is 27.9 Å². The number of anilines is 2. The number of carboxylic acid groups (broad SMARTS) is 1. The fraction of sp³-hybridized carbons (Fsp3) is 0.320. The lowest BCUT2D eigenvalue weighted by molar-refractivity contribution is -0.131. The van der Waals surface area contributed by atoms with Crippen molar-refractivity contribution in [1.29, 1.82) is 0 Å². The molecule has 2 aromatic carbocycles. The number of carboxylic acids is 1. The Bertz CT molecular complexity index is 981. The van der Waals surface area contributed by atoms with Crippen LogP contribution in [0.25, 0.3) is 0 Å². The highest BCUT2D eigenvalue weighted by Gasteiger charge is 2.21. The lowest BCUT2D eigenvalue weighted by Crippen LogP contribution is -2.22. The van der Waals surface area contributed by atoms with Gasteiger partial charge in [0.05, 0.1) is 0 Å². The van der Waals surface area contributed by atoms with Crippen LogP contribution in [0, 0.1) is 12.3 Å². The van der Waals surface area contributed by atoms with Gasteiger partial charge in [0.1, 0.15) is 12.4 Å². The van der Waals surface area contributed by atoms with Crippen LogP contribution in [0.5, 0.6) is 5.75 Å². The van der Waals surface area contributed by atoms with Crippen molar-refractivity contribution >= 4 is 28.9 Å². The number of rotatable bonds is 10. The first-order chi connectivity index (χ1) is 15.1. The van der Waals surface area contributed by atoms with E-state index in [1.54, 1.807) is 6.08 Å². The van der Waals surface area contributed by atoms with Crippen molar-refractivity contribution in [2.75, 3.05) is 31.1 Å². The Morgan fingerprint density at radius 1 is 1.19 bits per heavy atom. The lowest BCUT2D eigenvalue weighted by atomic mass is 10.0. The molecule has 0 atom stereocenters. The third-order valence-corrected chi connectivity index (χ3v) is 5.41. The van der Waals surface area contributed by atoms with Gasteiger partial charge in [-0.2, -0.15) is 0 Å². The molecule has 2 aromatic rings. The highest BCUT2D eigenvalue weighted by molar-refractivity contribution is 6.30. The third-order valence-electron chi connectivity index (χ3n) is 5.17. The molecule has 2 N–H and O–H groups in total. The number of carbonyl (C=O) groups is 1. The first kappa shape index (κ1) is 22.7. The zero-order chi connectivity index (χ0) is 22.1. The lowest BCUT2D eigenvalue weighted by Gasteiger charge is -2.27. The molecule has 0 fully saturated rings. The van der Waals surface area contributed by atoms with Crippen molar-refractivity contribution < 1.29 is 14.6 Å². The normalized spacial score (nSPS) is 12.7. The highest BCUT2D eigenvalue weighted by Crippen LogP contribution is 2.39. The van der Waals surface area contributed by atoms with Crippen molar-refractivity contribution in [2.24, 2.45) is 0 Å². The molecule has 0 spiro atoms. The van der Waals surface area contributed by atoms with Gasteiger partial charge in [-0.05, 0) is 73.7 Å². The number of hydrogen-bond donors (Lipinski definition) is 2. The summed E-state index contributed by atoms with van der Waals surface area (Å²) in [4.78, 5) is 12.8. The molecular weight excluding hydrogens is 412 g/mol. The molecule has 31 heavy (non-hydrogen) atoms. The van der Waals surface area contributed by atoms with Gasteiger partial charge < -0.3 is 20.1 Å². The zero-order valence-corrected chi connectivity index (χ0v) is 18.2. The molecule has 3 rings (SSSR count). The quantitative estimate of drug-likeness (QED) is 0.322. The van der Waals surface area contributed by atoms with Crippen LogP contribution in [0.4, 0.5) is 11.4 Å². The maximum atomic E-state index is 10.5. The molecule has 162 valence electrons. The van der Waals surface area contributed by atoms with Crippen LogP contribution < -0.4 is 15.0 Å². The molecule has 0 radical (unpaired) electrons. The maximum absolute atomic E-state index is 10.5. The van der Waals surface area contributed by atoms with Gasteiger partial charge in [0.25, 0.3) is 0 Å². The van der Waals surface area contributed by atoms with Gasteiger partial charge in [-0.15, -0.1) is 6.42 Å². The summed E-state index contributed by atoms with van der Waals surface area (Å²) in [5, 5.41) is 12.6. The monoisotopic (exact) mass is 438 g/mol. The molecule has 6 heteroatoms. The number of hydrogen-bond acceptors (Lipinski definition) is 4. The second-order valence-corrected chi connectivity index (χ2v) is 7.80. The number of unbranched alkanes of at least 4 members (excludes halogenated alkanes) is 1. The first-order valence-electron chi connectivity index (χ1n) is 10.4. The molecule has 0 bridgehead atoms. The van der Waals surface area contributed by atoms with Crippen LogP contribution >= 0.6 is 11.6 Å². The van der Waals surface area contributed by atoms with Crippen LogP contribution in [-0.2, 0) is 17.6 Å². The van der Waals surface area contributed by atoms with Crippen molar-refractivity contribution in [2.45, 2.75) is 25.7 Å². The molecule has 0 saturated carbocycles. The number of fused-ring (bicyclic) bond motifs is 2. The van der Waals surface area contributed by atoms with E-state index in [2.05, 4.69) is 34.3 Å². The average molecular weight is 439 g/mol. The van der Waals surface area contributed by atoms with Gasteiger partial charge in [-0.1, -0.05) is 29.7 Å². The Hall–Kier alpha value is -2.94. The number of terminal acetylenes is 1. The molecule has 0 aromatic heterocycles. The number of ether oxygens (including phenoxy) is 1. The Labute approximate surface area is 188 Å². The third kappa shape index (κ3) is 6.52. The number of aliphatic carboxylic acids is 1. The Morgan fingerprint density at radius 2 is 2.03 bits per heavy atom. The zero-order valence-electron chi connectivity index (χ0n) is 17.4. The molecule has 1 aliphatic rings. The topological polar surface area (TPSA) is 61.8 Å². The van der Waals surface area contributed by atoms with Crippen LogP contribution in [0.2, 0.25) is 5.02 Å². The van der Waals surface area contributed by atoms with E-state index in [1.807, 2.05) is 18.2 Å². The van der Waals surface area contributed by atoms with Crippen molar-refractivity contribution in [1.82, 2.24) is 5.32 Å². The Balaban J connectivity index is 1.71. The van der Waals surface area contributed by atoms with Crippen molar-refractivity contribution in [3.05, 3.63) is 64.7 Å². The number of halogens is 1. The molecule has 0 amide bonds. The molecule has 1 aliphatic heterocycles. The van der Waals surface area contributed by atoms with E-state index in [0.29, 0.717) is 6.54 Å². The Morgan fingerprint density at radius 3 is 2.84 bits per heavy atom. The minimum atomic E-state index is -0.924. The second kappa shape index (κ2) is 11.5. The molecule has 0 saturated heterocycles. The predicted octanol–water partition coefficient (Wildman–Crippen LogP) is 4.60. The van der Waals surface area contributed by atoms with E-state index in [9.17, 15) is 4.79 Å². The van der Waals surface area contributed by atoms with E-state index in [-0.39, 0.29) is 6.61 Å². The minimum absolute atomic E-state index is 0.257. The number of nitrogens with one attached hydrogen (secondary N) is 1. The summed E-state index contributed by atoms with van der Waals surface area (Å²) in [7, 11) is 0. The predicted molar refractivity (Wildman–Crippen MR) is 126 cm³/mol.